The molecule has 0 radical (unpaired) electrons. The Kier molecular flexibility index (Phi) is 5.87. The quantitative estimate of drug-likeness (QED) is 0.624. The zero-order valence-corrected chi connectivity index (χ0v) is 10.4. The van der Waals surface area contributed by atoms with Gasteiger partial charge in [0, 0.05) is 18.7 Å². The first-order valence-electron chi connectivity index (χ1n) is 5.10. The van der Waals surface area contributed by atoms with Crippen LogP contribution in [-0.2, 0) is 6.54 Å². The number of rotatable bonds is 6. The molecule has 0 heterocycles. The van der Waals surface area contributed by atoms with E-state index in [1.165, 1.54) is 12.1 Å². The standard InChI is InChI=1S/C11H14BrF2NO/c12-9-3-4-10(13)8(11(9)14)7-15-5-1-2-6-16/h3-4,15-16H,1-2,5-7H2. The van der Waals surface area contributed by atoms with Crippen LogP contribution in [0.5, 0.6) is 0 Å². The van der Waals surface area contributed by atoms with Crippen LogP contribution in [0.15, 0.2) is 16.6 Å². The van der Waals surface area contributed by atoms with Crippen LogP contribution in [0.2, 0.25) is 0 Å². The third-order valence-electron chi connectivity index (χ3n) is 2.20. The molecule has 0 saturated heterocycles. The highest BCUT2D eigenvalue weighted by Crippen LogP contribution is 2.21. The first kappa shape index (κ1) is 13.5. The van der Waals surface area contributed by atoms with E-state index in [-0.39, 0.29) is 23.2 Å². The summed E-state index contributed by atoms with van der Waals surface area (Å²) in [4.78, 5) is 0. The second kappa shape index (κ2) is 6.93. The number of unbranched alkanes of at least 4 members (excludes halogenated alkanes) is 1. The molecule has 0 unspecified atom stereocenters. The summed E-state index contributed by atoms with van der Waals surface area (Å²) >= 11 is 3.01. The first-order chi connectivity index (χ1) is 7.66. The van der Waals surface area contributed by atoms with Crippen LogP contribution in [0.25, 0.3) is 0 Å². The van der Waals surface area contributed by atoms with Crippen LogP contribution in [0.4, 0.5) is 8.78 Å². The number of aliphatic hydroxyl groups is 1. The molecular formula is C11H14BrF2NO. The summed E-state index contributed by atoms with van der Waals surface area (Å²) in [6, 6.07) is 2.58. The molecule has 5 heteroatoms. The van der Waals surface area contributed by atoms with Crippen LogP contribution in [0.3, 0.4) is 0 Å². The topological polar surface area (TPSA) is 32.3 Å². The highest BCUT2D eigenvalue weighted by molar-refractivity contribution is 9.10. The van der Waals surface area contributed by atoms with E-state index in [0.717, 1.165) is 6.42 Å². The lowest BCUT2D eigenvalue weighted by atomic mass is 10.2. The van der Waals surface area contributed by atoms with E-state index < -0.39 is 11.6 Å². The van der Waals surface area contributed by atoms with Crippen molar-refractivity contribution < 1.29 is 13.9 Å². The minimum Gasteiger partial charge on any atom is -0.396 e. The van der Waals surface area contributed by atoms with Crippen molar-refractivity contribution in [1.29, 1.82) is 0 Å². The second-order valence-electron chi connectivity index (χ2n) is 3.43. The smallest absolute Gasteiger partial charge is 0.144 e. The van der Waals surface area contributed by atoms with E-state index in [2.05, 4.69) is 21.2 Å². The predicted molar refractivity (Wildman–Crippen MR) is 62.1 cm³/mol. The van der Waals surface area contributed by atoms with Crippen LogP contribution in [-0.4, -0.2) is 18.3 Å². The van der Waals surface area contributed by atoms with Gasteiger partial charge in [-0.2, -0.15) is 0 Å². The molecule has 0 aliphatic heterocycles. The lowest BCUT2D eigenvalue weighted by Gasteiger charge is -2.07. The van der Waals surface area contributed by atoms with Gasteiger partial charge >= 0.3 is 0 Å². The van der Waals surface area contributed by atoms with E-state index in [1.54, 1.807) is 0 Å². The summed E-state index contributed by atoms with van der Waals surface area (Å²) in [7, 11) is 0. The third kappa shape index (κ3) is 3.81. The van der Waals surface area contributed by atoms with Gasteiger partial charge in [0.1, 0.15) is 11.6 Å². The van der Waals surface area contributed by atoms with E-state index in [4.69, 9.17) is 5.11 Å². The molecule has 1 aromatic carbocycles. The van der Waals surface area contributed by atoms with E-state index in [9.17, 15) is 8.78 Å². The fourth-order valence-electron chi connectivity index (χ4n) is 1.31. The number of aliphatic hydroxyl groups excluding tert-OH is 1. The molecule has 0 aliphatic rings. The van der Waals surface area contributed by atoms with Gasteiger partial charge in [0.15, 0.2) is 0 Å². The Morgan fingerprint density at radius 2 is 2.00 bits per heavy atom. The molecule has 1 aromatic rings. The molecule has 0 atom stereocenters. The van der Waals surface area contributed by atoms with E-state index in [1.807, 2.05) is 0 Å². The summed E-state index contributed by atoms with van der Waals surface area (Å²) < 4.78 is 27.0. The zero-order valence-electron chi connectivity index (χ0n) is 8.77. The van der Waals surface area contributed by atoms with Gasteiger partial charge in [-0.1, -0.05) is 0 Å². The molecule has 16 heavy (non-hydrogen) atoms. The van der Waals surface area contributed by atoms with Crippen molar-refractivity contribution in [2.45, 2.75) is 19.4 Å². The maximum absolute atomic E-state index is 13.5. The van der Waals surface area contributed by atoms with Gasteiger partial charge in [-0.25, -0.2) is 8.78 Å². The fourth-order valence-corrected chi connectivity index (χ4v) is 1.68. The van der Waals surface area contributed by atoms with Gasteiger partial charge in [-0.05, 0) is 47.4 Å². The molecule has 0 fully saturated rings. The van der Waals surface area contributed by atoms with Gasteiger partial charge in [-0.3, -0.25) is 0 Å². The molecule has 2 N–H and O–H groups in total. The summed E-state index contributed by atoms with van der Waals surface area (Å²) in [6.07, 6.45) is 1.48. The number of benzene rings is 1. The molecule has 0 aromatic heterocycles. The Hall–Kier alpha value is -0.520. The highest BCUT2D eigenvalue weighted by Gasteiger charge is 2.11. The molecule has 0 aliphatic carbocycles. The zero-order chi connectivity index (χ0) is 12.0. The summed E-state index contributed by atoms with van der Waals surface area (Å²) in [6.45, 7) is 0.926. The third-order valence-corrected chi connectivity index (χ3v) is 2.81. The number of nitrogens with one attached hydrogen (secondary N) is 1. The van der Waals surface area contributed by atoms with Gasteiger partial charge in [-0.15, -0.1) is 0 Å². The van der Waals surface area contributed by atoms with Crippen molar-refractivity contribution in [2.75, 3.05) is 13.2 Å². The van der Waals surface area contributed by atoms with Gasteiger partial charge in [0.2, 0.25) is 0 Å². The molecule has 0 bridgehead atoms. The van der Waals surface area contributed by atoms with Crippen LogP contribution < -0.4 is 5.32 Å². The normalized spacial score (nSPS) is 10.8. The maximum Gasteiger partial charge on any atom is 0.144 e. The SMILES string of the molecule is OCCCCNCc1c(F)ccc(Br)c1F. The first-order valence-corrected chi connectivity index (χ1v) is 5.90. The number of hydrogen-bond donors (Lipinski definition) is 2. The van der Waals surface area contributed by atoms with E-state index >= 15 is 0 Å². The van der Waals surface area contributed by atoms with Gasteiger partial charge in [0.05, 0.1) is 4.47 Å². The van der Waals surface area contributed by atoms with Crippen molar-refractivity contribution in [2.24, 2.45) is 0 Å². The number of halogens is 3. The minimum atomic E-state index is -0.561. The molecular weight excluding hydrogens is 280 g/mol. The Labute approximate surface area is 102 Å². The Morgan fingerprint density at radius 1 is 1.25 bits per heavy atom. The minimum absolute atomic E-state index is 0.0402. The van der Waals surface area contributed by atoms with Crippen molar-refractivity contribution >= 4 is 15.9 Å². The highest BCUT2D eigenvalue weighted by atomic mass is 79.9. The largest absolute Gasteiger partial charge is 0.396 e. The molecule has 0 amide bonds. The summed E-state index contributed by atoms with van der Waals surface area (Å²) in [5.41, 5.74) is 0.0402. The number of hydrogen-bond acceptors (Lipinski definition) is 2. The fraction of sp³-hybridized carbons (Fsp3) is 0.455. The van der Waals surface area contributed by atoms with Crippen LogP contribution in [0.1, 0.15) is 18.4 Å². The van der Waals surface area contributed by atoms with Crippen molar-refractivity contribution in [3.05, 3.63) is 33.8 Å². The van der Waals surface area contributed by atoms with Crippen molar-refractivity contribution in [3.8, 4) is 0 Å². The monoisotopic (exact) mass is 293 g/mol. The van der Waals surface area contributed by atoms with Crippen molar-refractivity contribution in [1.82, 2.24) is 5.32 Å². The van der Waals surface area contributed by atoms with Crippen LogP contribution >= 0.6 is 15.9 Å². The average molecular weight is 294 g/mol. The molecule has 0 saturated carbocycles. The predicted octanol–water partition coefficient (Wildman–Crippen LogP) is 2.59. The van der Waals surface area contributed by atoms with Gasteiger partial charge < -0.3 is 10.4 Å². The van der Waals surface area contributed by atoms with Crippen LogP contribution in [0, 0.1) is 11.6 Å². The summed E-state index contributed by atoms with van der Waals surface area (Å²) in [5.74, 6) is -1.11. The van der Waals surface area contributed by atoms with Gasteiger partial charge in [0.25, 0.3) is 0 Å². The lowest BCUT2D eigenvalue weighted by Crippen LogP contribution is -2.17. The summed E-state index contributed by atoms with van der Waals surface area (Å²) in [5, 5.41) is 11.5. The molecule has 90 valence electrons. The van der Waals surface area contributed by atoms with Crippen molar-refractivity contribution in [3.63, 3.8) is 0 Å². The molecule has 2 nitrogen and oxygen atoms in total. The second-order valence-corrected chi connectivity index (χ2v) is 4.28. The maximum atomic E-state index is 13.5. The molecule has 0 spiro atoms. The Bertz CT molecular complexity index is 347. The Morgan fingerprint density at radius 3 is 2.69 bits per heavy atom. The Balaban J connectivity index is 2.50. The molecule has 1 rings (SSSR count). The van der Waals surface area contributed by atoms with E-state index in [0.29, 0.717) is 13.0 Å². The lowest BCUT2D eigenvalue weighted by molar-refractivity contribution is 0.283. The average Bonchev–Trinajstić information content (AvgIpc) is 2.28.